The van der Waals surface area contributed by atoms with Crippen LogP contribution in [0.3, 0.4) is 0 Å². The second kappa shape index (κ2) is 4.42. The number of aromatic hydroxyl groups is 1. The van der Waals surface area contributed by atoms with E-state index < -0.39 is 0 Å². The average Bonchev–Trinajstić information content (AvgIpc) is 2.20. The molecule has 16 heavy (non-hydrogen) atoms. The Labute approximate surface area is 101 Å². The smallest absolute Gasteiger partial charge is 0.209 e. The number of benzene rings is 1. The SMILES string of the molecule is Oc1ccccc1Nc1nc(=S)[nH]c(=S)[nH]1. The number of anilines is 2. The van der Waals surface area contributed by atoms with Gasteiger partial charge < -0.3 is 20.4 Å². The zero-order valence-electron chi connectivity index (χ0n) is 8.02. The van der Waals surface area contributed by atoms with E-state index in [0.717, 1.165) is 0 Å². The normalized spacial score (nSPS) is 10.0. The quantitative estimate of drug-likeness (QED) is 0.488. The first kappa shape index (κ1) is 10.8. The van der Waals surface area contributed by atoms with E-state index in [-0.39, 0.29) is 10.5 Å². The highest BCUT2D eigenvalue weighted by atomic mass is 32.1. The third-order valence-electron chi connectivity index (χ3n) is 1.82. The Balaban J connectivity index is 2.38. The first-order valence-corrected chi connectivity index (χ1v) is 5.22. The largest absolute Gasteiger partial charge is 0.506 e. The average molecular weight is 252 g/mol. The van der Waals surface area contributed by atoms with Gasteiger partial charge in [-0.2, -0.15) is 4.98 Å². The summed E-state index contributed by atoms with van der Waals surface area (Å²) >= 11 is 9.80. The summed E-state index contributed by atoms with van der Waals surface area (Å²) in [4.78, 5) is 9.44. The molecule has 5 nitrogen and oxygen atoms in total. The van der Waals surface area contributed by atoms with Crippen LogP contribution in [0.4, 0.5) is 11.6 Å². The minimum Gasteiger partial charge on any atom is -0.506 e. The van der Waals surface area contributed by atoms with E-state index >= 15 is 0 Å². The minimum absolute atomic E-state index is 0.127. The lowest BCUT2D eigenvalue weighted by Gasteiger charge is -2.06. The molecule has 1 heterocycles. The van der Waals surface area contributed by atoms with Crippen molar-refractivity contribution < 1.29 is 5.11 Å². The molecule has 0 atom stereocenters. The highest BCUT2D eigenvalue weighted by molar-refractivity contribution is 7.71. The number of nitrogens with zero attached hydrogens (tertiary/aromatic N) is 1. The van der Waals surface area contributed by atoms with Crippen molar-refractivity contribution in [3.05, 3.63) is 33.8 Å². The van der Waals surface area contributed by atoms with Crippen LogP contribution in [0.15, 0.2) is 24.3 Å². The van der Waals surface area contributed by atoms with E-state index in [4.69, 9.17) is 24.4 Å². The number of H-pyrrole nitrogens is 2. The molecule has 0 amide bonds. The van der Waals surface area contributed by atoms with E-state index in [0.29, 0.717) is 16.4 Å². The Hall–Kier alpha value is -1.73. The fourth-order valence-corrected chi connectivity index (χ4v) is 1.61. The van der Waals surface area contributed by atoms with Crippen molar-refractivity contribution >= 4 is 36.1 Å². The first-order valence-electron chi connectivity index (χ1n) is 4.41. The standard InChI is InChI=1S/C9H8N4OS2/c14-6-4-2-1-3-5(6)10-7-11-8(15)13-9(16)12-7/h1-4,14H,(H3,10,11,12,13,15,16). The van der Waals surface area contributed by atoms with Gasteiger partial charge in [0.1, 0.15) is 5.75 Å². The third-order valence-corrected chi connectivity index (χ3v) is 2.22. The van der Waals surface area contributed by atoms with E-state index in [1.54, 1.807) is 24.3 Å². The summed E-state index contributed by atoms with van der Waals surface area (Å²) in [6.07, 6.45) is 0. The molecule has 0 aliphatic heterocycles. The number of hydrogen-bond donors (Lipinski definition) is 4. The van der Waals surface area contributed by atoms with Crippen LogP contribution in [0.5, 0.6) is 5.75 Å². The molecular weight excluding hydrogens is 244 g/mol. The molecule has 0 saturated heterocycles. The van der Waals surface area contributed by atoms with Crippen LogP contribution in [-0.4, -0.2) is 20.1 Å². The molecule has 0 aliphatic rings. The molecule has 0 unspecified atom stereocenters. The van der Waals surface area contributed by atoms with Crippen molar-refractivity contribution in [3.8, 4) is 5.75 Å². The fraction of sp³-hybridized carbons (Fsp3) is 0. The van der Waals surface area contributed by atoms with Gasteiger partial charge >= 0.3 is 0 Å². The first-order chi connectivity index (χ1) is 7.65. The Morgan fingerprint density at radius 3 is 2.62 bits per heavy atom. The van der Waals surface area contributed by atoms with Gasteiger partial charge in [-0.05, 0) is 36.6 Å². The van der Waals surface area contributed by atoms with Gasteiger partial charge in [0.2, 0.25) is 10.7 Å². The fourth-order valence-electron chi connectivity index (χ4n) is 1.16. The molecule has 2 aromatic rings. The third kappa shape index (κ3) is 2.44. The summed E-state index contributed by atoms with van der Waals surface area (Å²) < 4.78 is 0.652. The molecule has 1 aromatic heterocycles. The molecule has 82 valence electrons. The topological polar surface area (TPSA) is 76.7 Å². The van der Waals surface area contributed by atoms with Crippen LogP contribution in [0.1, 0.15) is 0 Å². The molecule has 1 aromatic carbocycles. The molecule has 0 spiro atoms. The molecule has 2 rings (SSSR count). The van der Waals surface area contributed by atoms with E-state index in [1.807, 2.05) is 0 Å². The predicted molar refractivity (Wildman–Crippen MR) is 66.0 cm³/mol. The number of aromatic nitrogens is 3. The zero-order chi connectivity index (χ0) is 11.5. The summed E-state index contributed by atoms with van der Waals surface area (Å²) in [5.74, 6) is 0.512. The monoisotopic (exact) mass is 252 g/mol. The molecule has 7 heteroatoms. The molecule has 0 radical (unpaired) electrons. The van der Waals surface area contributed by atoms with Gasteiger partial charge in [-0.25, -0.2) is 0 Å². The minimum atomic E-state index is 0.127. The highest BCUT2D eigenvalue weighted by Gasteiger charge is 2.01. The van der Waals surface area contributed by atoms with Crippen molar-refractivity contribution in [3.63, 3.8) is 0 Å². The summed E-state index contributed by atoms with van der Waals surface area (Å²) in [5, 5.41) is 12.4. The molecular formula is C9H8N4OS2. The Morgan fingerprint density at radius 2 is 1.94 bits per heavy atom. The number of nitrogens with one attached hydrogen (secondary N) is 3. The van der Waals surface area contributed by atoms with Crippen LogP contribution < -0.4 is 5.32 Å². The number of phenolic OH excluding ortho intramolecular Hbond substituents is 1. The molecule has 0 bridgehead atoms. The number of para-hydroxylation sites is 2. The maximum atomic E-state index is 9.55. The van der Waals surface area contributed by atoms with Gasteiger partial charge in [-0.15, -0.1) is 0 Å². The number of phenols is 1. The van der Waals surface area contributed by atoms with Crippen molar-refractivity contribution in [2.45, 2.75) is 0 Å². The van der Waals surface area contributed by atoms with Crippen LogP contribution in [0.25, 0.3) is 0 Å². The number of aromatic amines is 2. The predicted octanol–water partition coefficient (Wildman–Crippen LogP) is 2.65. The zero-order valence-corrected chi connectivity index (χ0v) is 9.65. The Kier molecular flexibility index (Phi) is 2.97. The molecule has 0 aliphatic carbocycles. The highest BCUT2D eigenvalue weighted by Crippen LogP contribution is 2.23. The summed E-state index contributed by atoms with van der Waals surface area (Å²) in [6.45, 7) is 0. The van der Waals surface area contributed by atoms with Gasteiger partial charge in [-0.1, -0.05) is 12.1 Å². The van der Waals surface area contributed by atoms with E-state index in [2.05, 4.69) is 20.3 Å². The summed E-state index contributed by atoms with van der Waals surface area (Å²) in [7, 11) is 0. The van der Waals surface area contributed by atoms with Gasteiger partial charge in [0.15, 0.2) is 4.77 Å². The molecule has 0 fully saturated rings. The molecule has 4 N–H and O–H groups in total. The summed E-state index contributed by atoms with van der Waals surface area (Å²) in [6, 6.07) is 6.81. The van der Waals surface area contributed by atoms with Crippen molar-refractivity contribution in [2.75, 3.05) is 5.32 Å². The second-order valence-electron chi connectivity index (χ2n) is 2.99. The Bertz CT molecular complexity index is 591. The van der Waals surface area contributed by atoms with E-state index in [1.165, 1.54) is 0 Å². The Morgan fingerprint density at radius 1 is 1.19 bits per heavy atom. The maximum absolute atomic E-state index is 9.55. The van der Waals surface area contributed by atoms with Crippen molar-refractivity contribution in [1.29, 1.82) is 0 Å². The van der Waals surface area contributed by atoms with Crippen molar-refractivity contribution in [1.82, 2.24) is 15.0 Å². The lowest BCUT2D eigenvalue weighted by molar-refractivity contribution is 0.477. The van der Waals surface area contributed by atoms with E-state index in [9.17, 15) is 5.11 Å². The van der Waals surface area contributed by atoms with Gasteiger partial charge in [-0.3, -0.25) is 0 Å². The number of rotatable bonds is 2. The van der Waals surface area contributed by atoms with Gasteiger partial charge in [0.25, 0.3) is 0 Å². The lowest BCUT2D eigenvalue weighted by atomic mass is 10.3. The van der Waals surface area contributed by atoms with Gasteiger partial charge in [0.05, 0.1) is 5.69 Å². The van der Waals surface area contributed by atoms with Crippen LogP contribution in [0, 0.1) is 9.54 Å². The maximum Gasteiger partial charge on any atom is 0.209 e. The second-order valence-corrected chi connectivity index (χ2v) is 3.78. The lowest BCUT2D eigenvalue weighted by Crippen LogP contribution is -1.99. The van der Waals surface area contributed by atoms with Crippen LogP contribution in [-0.2, 0) is 0 Å². The van der Waals surface area contributed by atoms with Gasteiger partial charge in [0, 0.05) is 0 Å². The number of hydrogen-bond acceptors (Lipinski definition) is 5. The van der Waals surface area contributed by atoms with Crippen LogP contribution in [0.2, 0.25) is 0 Å². The van der Waals surface area contributed by atoms with Crippen LogP contribution >= 0.6 is 24.4 Å². The summed E-state index contributed by atoms with van der Waals surface area (Å²) in [5.41, 5.74) is 0.529. The van der Waals surface area contributed by atoms with Crippen molar-refractivity contribution in [2.24, 2.45) is 0 Å². The molecule has 0 saturated carbocycles.